The number of hydrogen-bond donors (Lipinski definition) is 0. The summed E-state index contributed by atoms with van der Waals surface area (Å²) < 4.78 is 17.3. The number of hydrogen-bond acceptors (Lipinski definition) is 3. The highest BCUT2D eigenvalue weighted by molar-refractivity contribution is 7.98. The predicted octanol–water partition coefficient (Wildman–Crippen LogP) is 5.34. The maximum Gasteiger partial charge on any atom is 0.123 e. The van der Waals surface area contributed by atoms with Crippen molar-refractivity contribution in [3.05, 3.63) is 60.5 Å². The highest BCUT2D eigenvalue weighted by Gasteiger charge is 2.10. The first-order valence-electron chi connectivity index (χ1n) is 6.13. The molecule has 2 aromatic carbocycles. The summed E-state index contributed by atoms with van der Waals surface area (Å²) >= 11 is 3.19. The number of nitrogens with zero attached hydrogens (tertiary/aromatic N) is 1. The van der Waals surface area contributed by atoms with E-state index in [1.54, 1.807) is 23.9 Å². The Morgan fingerprint density at radius 1 is 0.950 bits per heavy atom. The highest BCUT2D eigenvalue weighted by atomic mass is 32.2. The topological polar surface area (TPSA) is 12.9 Å². The van der Waals surface area contributed by atoms with Crippen LogP contribution < -0.4 is 0 Å². The van der Waals surface area contributed by atoms with Crippen molar-refractivity contribution in [1.82, 2.24) is 4.37 Å². The molecule has 0 saturated carbocycles. The van der Waals surface area contributed by atoms with E-state index in [1.807, 2.05) is 6.20 Å². The smallest absolute Gasteiger partial charge is 0.123 e. The summed E-state index contributed by atoms with van der Waals surface area (Å²) in [4.78, 5) is 2.35. The van der Waals surface area contributed by atoms with Crippen LogP contribution >= 0.6 is 23.3 Å². The average molecular weight is 301 g/mol. The number of benzene rings is 2. The Labute approximate surface area is 125 Å². The molecule has 0 aliphatic rings. The zero-order chi connectivity index (χ0) is 13.9. The molecule has 100 valence electrons. The molecule has 0 bridgehead atoms. The van der Waals surface area contributed by atoms with Crippen LogP contribution in [0.3, 0.4) is 0 Å². The Hall–Kier alpha value is -1.65. The molecule has 3 aromatic rings. The second-order valence-electron chi connectivity index (χ2n) is 4.30. The fourth-order valence-corrected chi connectivity index (χ4v) is 3.21. The van der Waals surface area contributed by atoms with Crippen molar-refractivity contribution in [3.63, 3.8) is 0 Å². The quantitative estimate of drug-likeness (QED) is 0.606. The minimum absolute atomic E-state index is 0.220. The lowest BCUT2D eigenvalue weighted by atomic mass is 10.0. The summed E-state index contributed by atoms with van der Waals surface area (Å²) in [7, 11) is 0. The van der Waals surface area contributed by atoms with Crippen molar-refractivity contribution in [3.8, 4) is 21.6 Å². The molecule has 0 N–H and O–H groups in total. The van der Waals surface area contributed by atoms with E-state index in [0.717, 1.165) is 21.6 Å². The van der Waals surface area contributed by atoms with Crippen LogP contribution in [0, 0.1) is 5.82 Å². The SMILES string of the molecule is CSc1ccc(-c2sncc2-c2ccc(F)cc2)cc1. The summed E-state index contributed by atoms with van der Waals surface area (Å²) in [5, 5.41) is 0. The first-order valence-corrected chi connectivity index (χ1v) is 8.13. The van der Waals surface area contributed by atoms with Gasteiger partial charge < -0.3 is 0 Å². The van der Waals surface area contributed by atoms with Gasteiger partial charge in [0, 0.05) is 16.7 Å². The second kappa shape index (κ2) is 5.77. The van der Waals surface area contributed by atoms with Gasteiger partial charge in [-0.1, -0.05) is 24.3 Å². The van der Waals surface area contributed by atoms with Crippen molar-refractivity contribution in [2.45, 2.75) is 4.90 Å². The van der Waals surface area contributed by atoms with Gasteiger partial charge in [0.2, 0.25) is 0 Å². The van der Waals surface area contributed by atoms with Crippen molar-refractivity contribution in [2.24, 2.45) is 0 Å². The number of aromatic nitrogens is 1. The van der Waals surface area contributed by atoms with E-state index in [4.69, 9.17) is 0 Å². The van der Waals surface area contributed by atoms with Gasteiger partial charge in [0.05, 0.1) is 4.88 Å². The Bertz CT molecular complexity index is 702. The summed E-state index contributed by atoms with van der Waals surface area (Å²) in [5.41, 5.74) is 3.18. The van der Waals surface area contributed by atoms with Crippen LogP contribution in [-0.4, -0.2) is 10.6 Å². The van der Waals surface area contributed by atoms with Crippen LogP contribution in [0.15, 0.2) is 59.6 Å². The summed E-state index contributed by atoms with van der Waals surface area (Å²) in [5.74, 6) is -0.220. The van der Waals surface area contributed by atoms with Crippen molar-refractivity contribution in [1.29, 1.82) is 0 Å². The van der Waals surface area contributed by atoms with Crippen LogP contribution in [0.25, 0.3) is 21.6 Å². The van der Waals surface area contributed by atoms with Gasteiger partial charge in [-0.2, -0.15) is 4.37 Å². The lowest BCUT2D eigenvalue weighted by molar-refractivity contribution is 0.628. The van der Waals surface area contributed by atoms with Crippen molar-refractivity contribution in [2.75, 3.05) is 6.26 Å². The van der Waals surface area contributed by atoms with Gasteiger partial charge in [0.15, 0.2) is 0 Å². The second-order valence-corrected chi connectivity index (χ2v) is 5.99. The Morgan fingerprint density at radius 2 is 1.60 bits per heavy atom. The lowest BCUT2D eigenvalue weighted by Gasteiger charge is -2.04. The molecule has 0 saturated heterocycles. The summed E-state index contributed by atoms with van der Waals surface area (Å²) in [6, 6.07) is 15.0. The first kappa shape index (κ1) is 13.3. The molecule has 0 aliphatic heterocycles. The Morgan fingerprint density at radius 3 is 2.25 bits per heavy atom. The maximum atomic E-state index is 13.0. The normalized spacial score (nSPS) is 10.7. The van der Waals surface area contributed by atoms with Gasteiger partial charge in [-0.3, -0.25) is 0 Å². The Kier molecular flexibility index (Phi) is 3.85. The molecule has 0 radical (unpaired) electrons. The minimum atomic E-state index is -0.220. The number of rotatable bonds is 3. The van der Waals surface area contributed by atoms with Crippen molar-refractivity contribution >= 4 is 23.3 Å². The molecule has 0 unspecified atom stereocenters. The maximum absolute atomic E-state index is 13.0. The molecule has 0 spiro atoms. The molecule has 4 heteroatoms. The van der Waals surface area contributed by atoms with Crippen LogP contribution in [0.4, 0.5) is 4.39 Å². The molecule has 1 aromatic heterocycles. The van der Waals surface area contributed by atoms with E-state index in [0.29, 0.717) is 0 Å². The monoisotopic (exact) mass is 301 g/mol. The molecule has 0 fully saturated rings. The third-order valence-corrected chi connectivity index (χ3v) is 4.67. The van der Waals surface area contributed by atoms with Gasteiger partial charge in [-0.05, 0) is 53.2 Å². The van der Waals surface area contributed by atoms with E-state index in [1.165, 1.54) is 28.6 Å². The average Bonchev–Trinajstić information content (AvgIpc) is 2.97. The van der Waals surface area contributed by atoms with E-state index >= 15 is 0 Å². The largest absolute Gasteiger partial charge is 0.207 e. The number of halogens is 1. The van der Waals surface area contributed by atoms with Crippen LogP contribution in [0.2, 0.25) is 0 Å². The molecule has 0 atom stereocenters. The minimum Gasteiger partial charge on any atom is -0.207 e. The van der Waals surface area contributed by atoms with Gasteiger partial charge in [0.25, 0.3) is 0 Å². The van der Waals surface area contributed by atoms with Gasteiger partial charge in [-0.15, -0.1) is 11.8 Å². The fraction of sp³-hybridized carbons (Fsp3) is 0.0625. The number of thioether (sulfide) groups is 1. The summed E-state index contributed by atoms with van der Waals surface area (Å²) in [6.45, 7) is 0. The third kappa shape index (κ3) is 2.62. The molecule has 1 nitrogen and oxygen atoms in total. The zero-order valence-corrected chi connectivity index (χ0v) is 12.5. The van der Waals surface area contributed by atoms with E-state index in [9.17, 15) is 4.39 Å². The van der Waals surface area contributed by atoms with Crippen LogP contribution in [0.5, 0.6) is 0 Å². The molecule has 3 rings (SSSR count). The van der Waals surface area contributed by atoms with Gasteiger partial charge in [0.1, 0.15) is 5.82 Å². The Balaban J connectivity index is 2.02. The van der Waals surface area contributed by atoms with Crippen LogP contribution in [0.1, 0.15) is 0 Å². The molecule has 1 heterocycles. The summed E-state index contributed by atoms with van der Waals surface area (Å²) in [6.07, 6.45) is 3.90. The van der Waals surface area contributed by atoms with Crippen molar-refractivity contribution < 1.29 is 4.39 Å². The van der Waals surface area contributed by atoms with E-state index in [2.05, 4.69) is 34.9 Å². The molecule has 0 amide bonds. The van der Waals surface area contributed by atoms with E-state index < -0.39 is 0 Å². The fourth-order valence-electron chi connectivity index (χ4n) is 2.03. The molecular formula is C16H12FNS2. The van der Waals surface area contributed by atoms with Gasteiger partial charge >= 0.3 is 0 Å². The zero-order valence-electron chi connectivity index (χ0n) is 10.8. The van der Waals surface area contributed by atoms with Crippen LogP contribution in [-0.2, 0) is 0 Å². The molecule has 20 heavy (non-hydrogen) atoms. The van der Waals surface area contributed by atoms with Gasteiger partial charge in [-0.25, -0.2) is 4.39 Å². The predicted molar refractivity (Wildman–Crippen MR) is 84.7 cm³/mol. The standard InChI is InChI=1S/C16H12FNS2/c1-19-14-8-4-12(5-9-14)16-15(10-18-20-16)11-2-6-13(17)7-3-11/h2-10H,1H3. The molecular weight excluding hydrogens is 289 g/mol. The molecule has 0 aliphatic carbocycles. The highest BCUT2D eigenvalue weighted by Crippen LogP contribution is 2.35. The first-order chi connectivity index (χ1) is 9.78. The van der Waals surface area contributed by atoms with E-state index in [-0.39, 0.29) is 5.82 Å². The lowest BCUT2D eigenvalue weighted by Crippen LogP contribution is -1.80. The third-order valence-electron chi connectivity index (χ3n) is 3.08.